The number of nitriles is 1. The van der Waals surface area contributed by atoms with E-state index in [-0.39, 0.29) is 17.3 Å². The Kier molecular flexibility index (Phi) is 4.34. The number of nitrogens with zero attached hydrogens (tertiary/aromatic N) is 2. The van der Waals surface area contributed by atoms with Crippen molar-refractivity contribution in [1.82, 2.24) is 4.98 Å². The molecule has 0 fully saturated rings. The lowest BCUT2D eigenvalue weighted by molar-refractivity contribution is -0.274. The van der Waals surface area contributed by atoms with Crippen molar-refractivity contribution in [1.29, 1.82) is 5.26 Å². The molecule has 0 atom stereocenters. The molecule has 0 aliphatic heterocycles. The fraction of sp³-hybridized carbons (Fsp3) is 0.143. The number of alkyl halides is 3. The van der Waals surface area contributed by atoms with Gasteiger partial charge in [0.15, 0.2) is 0 Å². The molecule has 1 aromatic heterocycles. The molecule has 2 rings (SSSR count). The maximum absolute atomic E-state index is 12.1. The SMILES string of the molecule is N#CCc1nc(Cl)ccc1-c1ccc(OC(F)(F)F)cc1. The predicted octanol–water partition coefficient (Wildman–Crippen LogP) is 4.37. The Balaban J connectivity index is 2.33. The summed E-state index contributed by atoms with van der Waals surface area (Å²) in [6.07, 6.45) is -4.67. The summed E-state index contributed by atoms with van der Waals surface area (Å²) in [5.41, 5.74) is 1.73. The van der Waals surface area contributed by atoms with E-state index in [1.54, 1.807) is 12.1 Å². The number of hydrogen-bond donors (Lipinski definition) is 0. The lowest BCUT2D eigenvalue weighted by Gasteiger charge is -2.10. The van der Waals surface area contributed by atoms with Gasteiger partial charge in [-0.15, -0.1) is 13.2 Å². The minimum absolute atomic E-state index is 0.0523. The minimum atomic E-state index is -4.73. The van der Waals surface area contributed by atoms with Crippen LogP contribution in [0.4, 0.5) is 13.2 Å². The molecule has 0 bridgehead atoms. The van der Waals surface area contributed by atoms with Crippen molar-refractivity contribution in [2.75, 3.05) is 0 Å². The molecule has 21 heavy (non-hydrogen) atoms. The summed E-state index contributed by atoms with van der Waals surface area (Å²) in [4.78, 5) is 4.05. The summed E-state index contributed by atoms with van der Waals surface area (Å²) >= 11 is 5.77. The number of ether oxygens (including phenoxy) is 1. The van der Waals surface area contributed by atoms with Crippen LogP contribution in [0.5, 0.6) is 5.75 Å². The third-order valence-electron chi connectivity index (χ3n) is 2.59. The number of halogens is 4. The van der Waals surface area contributed by atoms with Crippen LogP contribution < -0.4 is 4.74 Å². The lowest BCUT2D eigenvalue weighted by Crippen LogP contribution is -2.16. The van der Waals surface area contributed by atoms with Crippen molar-refractivity contribution in [2.24, 2.45) is 0 Å². The van der Waals surface area contributed by atoms with E-state index in [1.807, 2.05) is 6.07 Å². The molecule has 0 N–H and O–H groups in total. The fourth-order valence-electron chi connectivity index (χ4n) is 1.78. The largest absolute Gasteiger partial charge is 0.573 e. The van der Waals surface area contributed by atoms with Crippen LogP contribution in [-0.2, 0) is 6.42 Å². The highest BCUT2D eigenvalue weighted by molar-refractivity contribution is 6.29. The maximum Gasteiger partial charge on any atom is 0.573 e. The third-order valence-corrected chi connectivity index (χ3v) is 2.80. The van der Waals surface area contributed by atoms with Crippen molar-refractivity contribution in [3.05, 3.63) is 47.2 Å². The molecule has 1 heterocycles. The van der Waals surface area contributed by atoms with Crippen molar-refractivity contribution in [3.8, 4) is 22.9 Å². The molecule has 3 nitrogen and oxygen atoms in total. The van der Waals surface area contributed by atoms with E-state index in [0.717, 1.165) is 0 Å². The van der Waals surface area contributed by atoms with Crippen LogP contribution in [0.2, 0.25) is 5.15 Å². The molecule has 0 amide bonds. The zero-order chi connectivity index (χ0) is 15.5. The van der Waals surface area contributed by atoms with Gasteiger partial charge in [0.1, 0.15) is 10.9 Å². The zero-order valence-electron chi connectivity index (χ0n) is 10.5. The number of benzene rings is 1. The second-order valence-corrected chi connectivity index (χ2v) is 4.42. The van der Waals surface area contributed by atoms with Crippen LogP contribution in [-0.4, -0.2) is 11.3 Å². The summed E-state index contributed by atoms with van der Waals surface area (Å²) in [7, 11) is 0. The van der Waals surface area contributed by atoms with Crippen LogP contribution in [0.3, 0.4) is 0 Å². The maximum atomic E-state index is 12.1. The molecule has 0 aliphatic rings. The van der Waals surface area contributed by atoms with Crippen molar-refractivity contribution < 1.29 is 17.9 Å². The molecule has 0 unspecified atom stereocenters. The summed E-state index contributed by atoms with van der Waals surface area (Å²) in [6, 6.07) is 10.5. The standard InChI is InChI=1S/C14H8ClF3N2O/c15-13-6-5-11(12(20-13)7-8-19)9-1-3-10(4-2-9)21-14(16,17)18/h1-6H,7H2. The van der Waals surface area contributed by atoms with Gasteiger partial charge >= 0.3 is 6.36 Å². The molecular formula is C14H8ClF3N2O. The summed E-state index contributed by atoms with van der Waals surface area (Å²) in [5.74, 6) is -0.310. The van der Waals surface area contributed by atoms with Gasteiger partial charge in [0.2, 0.25) is 0 Å². The van der Waals surface area contributed by atoms with E-state index in [0.29, 0.717) is 16.8 Å². The van der Waals surface area contributed by atoms with E-state index in [9.17, 15) is 13.2 Å². The Morgan fingerprint density at radius 3 is 2.38 bits per heavy atom. The lowest BCUT2D eigenvalue weighted by atomic mass is 10.0. The van der Waals surface area contributed by atoms with Gasteiger partial charge in [0, 0.05) is 5.56 Å². The van der Waals surface area contributed by atoms with E-state index in [4.69, 9.17) is 16.9 Å². The van der Waals surface area contributed by atoms with Gasteiger partial charge in [0.05, 0.1) is 18.2 Å². The topological polar surface area (TPSA) is 45.9 Å². The van der Waals surface area contributed by atoms with Gasteiger partial charge in [-0.2, -0.15) is 5.26 Å². The molecule has 2 aromatic rings. The van der Waals surface area contributed by atoms with Gasteiger partial charge in [-0.1, -0.05) is 23.7 Å². The Morgan fingerprint density at radius 1 is 1.14 bits per heavy atom. The summed E-state index contributed by atoms with van der Waals surface area (Å²) in [6.45, 7) is 0. The monoisotopic (exact) mass is 312 g/mol. The van der Waals surface area contributed by atoms with Crippen LogP contribution in [0.1, 0.15) is 5.69 Å². The number of aromatic nitrogens is 1. The van der Waals surface area contributed by atoms with E-state index < -0.39 is 6.36 Å². The quantitative estimate of drug-likeness (QED) is 0.791. The summed E-state index contributed by atoms with van der Waals surface area (Å²) in [5, 5.41) is 9.03. The van der Waals surface area contributed by atoms with E-state index >= 15 is 0 Å². The molecular weight excluding hydrogens is 305 g/mol. The Bertz CT molecular complexity index is 678. The molecule has 0 saturated carbocycles. The average molecular weight is 313 g/mol. The van der Waals surface area contributed by atoms with Gasteiger partial charge in [-0.25, -0.2) is 4.98 Å². The first kappa shape index (κ1) is 15.1. The number of hydrogen-bond acceptors (Lipinski definition) is 3. The van der Waals surface area contributed by atoms with Crippen LogP contribution in [0, 0.1) is 11.3 Å². The third kappa shape index (κ3) is 4.10. The average Bonchev–Trinajstić information content (AvgIpc) is 2.39. The second-order valence-electron chi connectivity index (χ2n) is 4.04. The zero-order valence-corrected chi connectivity index (χ0v) is 11.2. The first-order valence-corrected chi connectivity index (χ1v) is 6.15. The molecule has 0 aliphatic carbocycles. The fourth-order valence-corrected chi connectivity index (χ4v) is 1.95. The Morgan fingerprint density at radius 2 is 1.81 bits per heavy atom. The van der Waals surface area contributed by atoms with Gasteiger partial charge in [0.25, 0.3) is 0 Å². The highest BCUT2D eigenvalue weighted by atomic mass is 35.5. The van der Waals surface area contributed by atoms with E-state index in [1.165, 1.54) is 24.3 Å². The van der Waals surface area contributed by atoms with Gasteiger partial charge in [-0.05, 0) is 29.8 Å². The molecule has 7 heteroatoms. The number of pyridine rings is 1. The minimum Gasteiger partial charge on any atom is -0.406 e. The van der Waals surface area contributed by atoms with Gasteiger partial charge < -0.3 is 4.74 Å². The summed E-state index contributed by atoms with van der Waals surface area (Å²) < 4.78 is 40.1. The first-order valence-electron chi connectivity index (χ1n) is 5.77. The van der Waals surface area contributed by atoms with Gasteiger partial charge in [-0.3, -0.25) is 0 Å². The van der Waals surface area contributed by atoms with Crippen LogP contribution >= 0.6 is 11.6 Å². The number of rotatable bonds is 3. The predicted molar refractivity (Wildman–Crippen MR) is 70.7 cm³/mol. The normalized spacial score (nSPS) is 11.0. The molecule has 0 radical (unpaired) electrons. The van der Waals surface area contributed by atoms with Crippen LogP contribution in [0.25, 0.3) is 11.1 Å². The first-order chi connectivity index (χ1) is 9.89. The Labute approximate surface area is 123 Å². The highest BCUT2D eigenvalue weighted by Gasteiger charge is 2.30. The molecule has 0 spiro atoms. The molecule has 0 saturated heterocycles. The molecule has 1 aromatic carbocycles. The van der Waals surface area contributed by atoms with Crippen LogP contribution in [0.15, 0.2) is 36.4 Å². The highest BCUT2D eigenvalue weighted by Crippen LogP contribution is 2.28. The molecule has 108 valence electrons. The smallest absolute Gasteiger partial charge is 0.406 e. The van der Waals surface area contributed by atoms with Crippen molar-refractivity contribution >= 4 is 11.6 Å². The van der Waals surface area contributed by atoms with E-state index in [2.05, 4.69) is 9.72 Å². The van der Waals surface area contributed by atoms with Crippen molar-refractivity contribution in [2.45, 2.75) is 12.8 Å². The Hall–Kier alpha value is -2.26. The second kappa shape index (κ2) is 6.02. The van der Waals surface area contributed by atoms with Crippen molar-refractivity contribution in [3.63, 3.8) is 0 Å².